The van der Waals surface area contributed by atoms with Crippen LogP contribution >= 0.6 is 0 Å². The largest absolute Gasteiger partial charge is 0.300 e. The molecule has 0 unspecified atom stereocenters. The highest BCUT2D eigenvalue weighted by atomic mass is 32.2. The summed E-state index contributed by atoms with van der Waals surface area (Å²) >= 11 is 0. The zero-order valence-corrected chi connectivity index (χ0v) is 19.9. The molecule has 0 saturated heterocycles. The van der Waals surface area contributed by atoms with Crippen molar-refractivity contribution in [3.05, 3.63) is 29.8 Å². The number of fused-ring (bicyclic) bond motifs is 5. The Hall–Kier alpha value is -1.20. The number of rotatable bonds is 3. The van der Waals surface area contributed by atoms with Gasteiger partial charge in [-0.15, -0.1) is 0 Å². The van der Waals surface area contributed by atoms with E-state index < -0.39 is 10.1 Å². The second-order valence-electron chi connectivity index (χ2n) is 11.5. The molecule has 170 valence electrons. The summed E-state index contributed by atoms with van der Waals surface area (Å²) in [6.07, 6.45) is 8.77. The van der Waals surface area contributed by atoms with Crippen LogP contribution in [0.3, 0.4) is 0 Å². The Morgan fingerprint density at radius 3 is 2.45 bits per heavy atom. The molecule has 5 heteroatoms. The van der Waals surface area contributed by atoms with E-state index in [2.05, 4.69) is 13.8 Å². The van der Waals surface area contributed by atoms with Crippen LogP contribution in [0.2, 0.25) is 0 Å². The van der Waals surface area contributed by atoms with Crippen LogP contribution in [0.1, 0.15) is 77.2 Å². The monoisotopic (exact) mass is 444 g/mol. The SMILES string of the molecule is Cc1ccc(S(=O)(=O)O[C@H]2CC[C@@]3(C)[C@@H](CC[C@H]4[C@@H]5CC(=O)C[C@@]5(C)CC[C@@H]43)C2)cc1. The van der Waals surface area contributed by atoms with Crippen LogP contribution in [-0.4, -0.2) is 20.3 Å². The molecule has 4 aliphatic rings. The van der Waals surface area contributed by atoms with Crippen LogP contribution < -0.4 is 0 Å². The van der Waals surface area contributed by atoms with Crippen molar-refractivity contribution in [2.45, 2.75) is 89.6 Å². The normalized spacial score (nSPS) is 42.5. The summed E-state index contributed by atoms with van der Waals surface area (Å²) in [6, 6.07) is 6.93. The Morgan fingerprint density at radius 1 is 0.968 bits per heavy atom. The van der Waals surface area contributed by atoms with Crippen molar-refractivity contribution in [2.24, 2.45) is 34.5 Å². The Balaban J connectivity index is 1.30. The molecule has 1 aromatic carbocycles. The predicted octanol–water partition coefficient (Wildman–Crippen LogP) is 5.68. The van der Waals surface area contributed by atoms with Gasteiger partial charge in [0.2, 0.25) is 0 Å². The maximum Gasteiger partial charge on any atom is 0.297 e. The highest BCUT2D eigenvalue weighted by Crippen LogP contribution is 2.65. The summed E-state index contributed by atoms with van der Waals surface area (Å²) in [6.45, 7) is 6.76. The number of ketones is 1. The molecule has 0 aromatic heterocycles. The first kappa shape index (κ1) is 21.6. The molecule has 0 aliphatic heterocycles. The standard InChI is InChI=1S/C26H36O4S/c1-17-4-7-21(8-5-17)31(28,29)30-20-10-13-26(3)18(14-20)6-9-22-23(26)11-12-25(2)16-19(27)15-24(22)25/h4-5,7-8,18,20,22-24H,6,9-16H2,1-3H3/t18-,20-,22+,23-,24-,25+,26-/m0/s1. The van der Waals surface area contributed by atoms with Gasteiger partial charge in [0.05, 0.1) is 11.0 Å². The molecule has 4 saturated carbocycles. The van der Waals surface area contributed by atoms with Gasteiger partial charge in [-0.25, -0.2) is 0 Å². The highest BCUT2D eigenvalue weighted by molar-refractivity contribution is 7.86. The maximum absolute atomic E-state index is 12.8. The van der Waals surface area contributed by atoms with Gasteiger partial charge in [0.1, 0.15) is 5.78 Å². The van der Waals surface area contributed by atoms with Crippen LogP contribution in [0.25, 0.3) is 0 Å². The Morgan fingerprint density at radius 2 is 1.71 bits per heavy atom. The highest BCUT2D eigenvalue weighted by Gasteiger charge is 2.59. The molecule has 7 atom stereocenters. The molecule has 0 radical (unpaired) electrons. The lowest BCUT2D eigenvalue weighted by Gasteiger charge is -2.60. The van der Waals surface area contributed by atoms with E-state index in [4.69, 9.17) is 4.18 Å². The fourth-order valence-corrected chi connectivity index (χ4v) is 9.14. The summed E-state index contributed by atoms with van der Waals surface area (Å²) in [7, 11) is -3.72. The third kappa shape index (κ3) is 3.60. The van der Waals surface area contributed by atoms with E-state index in [1.807, 2.05) is 19.1 Å². The number of hydrogen-bond acceptors (Lipinski definition) is 4. The number of hydrogen-bond donors (Lipinski definition) is 0. The Kier molecular flexibility index (Phi) is 5.17. The fraction of sp³-hybridized carbons (Fsp3) is 0.731. The van der Waals surface area contributed by atoms with E-state index in [0.29, 0.717) is 29.5 Å². The minimum absolute atomic E-state index is 0.220. The zero-order chi connectivity index (χ0) is 22.0. The van der Waals surface area contributed by atoms with Gasteiger partial charge in [-0.3, -0.25) is 8.98 Å². The first-order valence-corrected chi connectivity index (χ1v) is 13.5. The minimum Gasteiger partial charge on any atom is -0.300 e. The van der Waals surface area contributed by atoms with Gasteiger partial charge in [-0.2, -0.15) is 8.42 Å². The number of carbonyl (C=O) groups excluding carboxylic acids is 1. The van der Waals surface area contributed by atoms with Crippen molar-refractivity contribution in [1.29, 1.82) is 0 Å². The summed E-state index contributed by atoms with van der Waals surface area (Å²) in [5, 5.41) is 0. The van der Waals surface area contributed by atoms with Crippen LogP contribution in [-0.2, 0) is 19.1 Å². The zero-order valence-electron chi connectivity index (χ0n) is 19.1. The molecule has 4 aliphatic carbocycles. The van der Waals surface area contributed by atoms with Gasteiger partial charge in [0.15, 0.2) is 0 Å². The molecule has 4 fully saturated rings. The van der Waals surface area contributed by atoms with Crippen LogP contribution in [0, 0.1) is 41.4 Å². The van der Waals surface area contributed by atoms with Crippen LogP contribution in [0.15, 0.2) is 29.2 Å². The molecule has 4 nitrogen and oxygen atoms in total. The lowest BCUT2D eigenvalue weighted by molar-refractivity contribution is -0.119. The molecule has 0 bridgehead atoms. The van der Waals surface area contributed by atoms with Gasteiger partial charge in [-0.05, 0) is 98.5 Å². The van der Waals surface area contributed by atoms with Crippen molar-refractivity contribution < 1.29 is 17.4 Å². The number of aryl methyl sites for hydroxylation is 1. The molecular weight excluding hydrogens is 408 g/mol. The molecule has 0 spiro atoms. The molecule has 31 heavy (non-hydrogen) atoms. The van der Waals surface area contributed by atoms with E-state index in [9.17, 15) is 13.2 Å². The molecule has 0 N–H and O–H groups in total. The van der Waals surface area contributed by atoms with Gasteiger partial charge in [0, 0.05) is 12.8 Å². The summed E-state index contributed by atoms with van der Waals surface area (Å²) < 4.78 is 31.4. The van der Waals surface area contributed by atoms with Crippen LogP contribution in [0.5, 0.6) is 0 Å². The van der Waals surface area contributed by atoms with Crippen LogP contribution in [0.4, 0.5) is 0 Å². The molecule has 1 aromatic rings. The first-order chi connectivity index (χ1) is 14.6. The lowest BCUT2D eigenvalue weighted by atomic mass is 9.45. The Bertz CT molecular complexity index is 968. The first-order valence-electron chi connectivity index (χ1n) is 12.1. The maximum atomic E-state index is 12.8. The second kappa shape index (κ2) is 7.41. The molecule has 5 rings (SSSR count). The number of benzene rings is 1. The Labute approximate surface area is 187 Å². The van der Waals surface area contributed by atoms with Crippen molar-refractivity contribution in [3.8, 4) is 0 Å². The van der Waals surface area contributed by atoms with Crippen molar-refractivity contribution in [1.82, 2.24) is 0 Å². The van der Waals surface area contributed by atoms with E-state index in [1.165, 1.54) is 19.3 Å². The number of Topliss-reactive ketones (excluding diaryl/α,β-unsaturated/α-hetero) is 1. The summed E-state index contributed by atoms with van der Waals surface area (Å²) in [5.74, 6) is 2.89. The average Bonchev–Trinajstić information content (AvgIpc) is 3.02. The van der Waals surface area contributed by atoms with Crippen molar-refractivity contribution >= 4 is 15.9 Å². The second-order valence-corrected chi connectivity index (χ2v) is 13.1. The third-order valence-corrected chi connectivity index (χ3v) is 11.1. The van der Waals surface area contributed by atoms with Gasteiger partial charge in [0.25, 0.3) is 10.1 Å². The van der Waals surface area contributed by atoms with Crippen molar-refractivity contribution in [3.63, 3.8) is 0 Å². The van der Waals surface area contributed by atoms with E-state index in [0.717, 1.165) is 44.1 Å². The smallest absolute Gasteiger partial charge is 0.297 e. The van der Waals surface area contributed by atoms with Gasteiger partial charge >= 0.3 is 0 Å². The third-order valence-electron chi connectivity index (χ3n) is 9.76. The van der Waals surface area contributed by atoms with E-state index >= 15 is 0 Å². The molecule has 0 heterocycles. The fourth-order valence-electron chi connectivity index (χ4n) is 8.03. The predicted molar refractivity (Wildman–Crippen MR) is 120 cm³/mol. The van der Waals surface area contributed by atoms with Gasteiger partial charge < -0.3 is 0 Å². The molecular formula is C26H36O4S. The molecule has 0 amide bonds. The lowest BCUT2D eigenvalue weighted by Crippen LogP contribution is -2.53. The summed E-state index contributed by atoms with van der Waals surface area (Å²) in [4.78, 5) is 12.5. The topological polar surface area (TPSA) is 60.4 Å². The average molecular weight is 445 g/mol. The van der Waals surface area contributed by atoms with E-state index in [1.54, 1.807) is 12.1 Å². The summed E-state index contributed by atoms with van der Waals surface area (Å²) in [5.41, 5.74) is 1.52. The van der Waals surface area contributed by atoms with Gasteiger partial charge in [-0.1, -0.05) is 31.5 Å². The minimum atomic E-state index is -3.72. The van der Waals surface area contributed by atoms with E-state index in [-0.39, 0.29) is 21.8 Å². The number of carbonyl (C=O) groups is 1. The van der Waals surface area contributed by atoms with Crippen molar-refractivity contribution in [2.75, 3.05) is 0 Å². The quantitative estimate of drug-likeness (QED) is 0.563.